The first-order chi connectivity index (χ1) is 13.4. The lowest BCUT2D eigenvalue weighted by molar-refractivity contribution is 0.0602. The second kappa shape index (κ2) is 6.61. The lowest BCUT2D eigenvalue weighted by Crippen LogP contribution is -2.43. The summed E-state index contributed by atoms with van der Waals surface area (Å²) in [5, 5.41) is 14.1. The highest BCUT2D eigenvalue weighted by Gasteiger charge is 2.34. The molecule has 3 aromatic rings. The van der Waals surface area contributed by atoms with Gasteiger partial charge in [-0.3, -0.25) is 19.8 Å². The molecule has 3 amide bonds. The minimum Gasteiger partial charge on any atom is -0.465 e. The van der Waals surface area contributed by atoms with Gasteiger partial charge in [-0.05, 0) is 43.1 Å². The molecule has 28 heavy (non-hydrogen) atoms. The van der Waals surface area contributed by atoms with Gasteiger partial charge in [0, 0.05) is 29.4 Å². The second-order valence-corrected chi connectivity index (χ2v) is 7.05. The summed E-state index contributed by atoms with van der Waals surface area (Å²) in [5.74, 6) is -0.655. The van der Waals surface area contributed by atoms with Crippen molar-refractivity contribution in [1.82, 2.24) is 9.80 Å². The lowest BCUT2D eigenvalue weighted by atomic mass is 9.89. The molecule has 1 heterocycles. The number of anilines is 1. The molecule has 142 valence electrons. The Morgan fingerprint density at radius 1 is 1.07 bits per heavy atom. The molecule has 0 bridgehead atoms. The van der Waals surface area contributed by atoms with E-state index in [1.165, 1.54) is 4.90 Å². The summed E-state index contributed by atoms with van der Waals surface area (Å²) in [6, 6.07) is 12.3. The van der Waals surface area contributed by atoms with Gasteiger partial charge in [0.05, 0.1) is 11.3 Å². The molecule has 0 unspecified atom stereocenters. The fourth-order valence-corrected chi connectivity index (χ4v) is 3.70. The Hall–Kier alpha value is -3.45. The van der Waals surface area contributed by atoms with Crippen LogP contribution in [0.15, 0.2) is 42.5 Å². The fraction of sp³-hybridized carbons (Fsp3) is 0.190. The molecule has 7 heteroatoms. The Morgan fingerprint density at radius 3 is 2.54 bits per heavy atom. The van der Waals surface area contributed by atoms with Crippen molar-refractivity contribution in [3.63, 3.8) is 0 Å². The van der Waals surface area contributed by atoms with Crippen molar-refractivity contribution < 1.29 is 19.5 Å². The number of carbonyl (C=O) groups is 3. The highest BCUT2D eigenvalue weighted by atomic mass is 16.4. The van der Waals surface area contributed by atoms with Crippen LogP contribution in [0.25, 0.3) is 21.5 Å². The van der Waals surface area contributed by atoms with E-state index in [2.05, 4.69) is 5.32 Å². The van der Waals surface area contributed by atoms with Gasteiger partial charge < -0.3 is 10.0 Å². The first-order valence-corrected chi connectivity index (χ1v) is 8.88. The number of fused-ring (bicyclic) bond motifs is 2. The van der Waals surface area contributed by atoms with Crippen molar-refractivity contribution in [2.24, 2.45) is 0 Å². The quantitative estimate of drug-likeness (QED) is 0.538. The summed E-state index contributed by atoms with van der Waals surface area (Å²) in [6.07, 6.45) is -1.18. The average Bonchev–Trinajstić information content (AvgIpc) is 2.64. The largest absolute Gasteiger partial charge is 0.465 e. The summed E-state index contributed by atoms with van der Waals surface area (Å²) in [4.78, 5) is 40.6. The number of carboxylic acid groups (broad SMARTS) is 1. The third kappa shape index (κ3) is 2.76. The van der Waals surface area contributed by atoms with Crippen LogP contribution in [-0.4, -0.2) is 60.0 Å². The van der Waals surface area contributed by atoms with Crippen LogP contribution in [0.2, 0.25) is 0 Å². The molecule has 4 rings (SSSR count). The zero-order chi connectivity index (χ0) is 20.0. The Balaban J connectivity index is 2.01. The number of imide groups is 1. The number of nitrogens with one attached hydrogen (secondary N) is 1. The van der Waals surface area contributed by atoms with E-state index >= 15 is 0 Å². The van der Waals surface area contributed by atoms with Gasteiger partial charge in [0.2, 0.25) is 0 Å². The van der Waals surface area contributed by atoms with Crippen LogP contribution in [0.4, 0.5) is 10.5 Å². The topological polar surface area (TPSA) is 89.9 Å². The van der Waals surface area contributed by atoms with Crippen molar-refractivity contribution in [2.45, 2.75) is 0 Å². The van der Waals surface area contributed by atoms with Crippen molar-refractivity contribution in [2.75, 3.05) is 32.5 Å². The first kappa shape index (κ1) is 17.9. The van der Waals surface area contributed by atoms with Crippen molar-refractivity contribution in [1.29, 1.82) is 0 Å². The Kier molecular flexibility index (Phi) is 4.24. The van der Waals surface area contributed by atoms with Crippen LogP contribution >= 0.6 is 0 Å². The molecule has 0 fully saturated rings. The normalized spacial score (nSPS) is 13.6. The van der Waals surface area contributed by atoms with E-state index in [0.29, 0.717) is 39.5 Å². The molecular formula is C21H19N3O4. The zero-order valence-electron chi connectivity index (χ0n) is 15.5. The molecule has 0 radical (unpaired) electrons. The number of amides is 3. The summed E-state index contributed by atoms with van der Waals surface area (Å²) in [7, 11) is 3.76. The Morgan fingerprint density at radius 2 is 1.82 bits per heavy atom. The number of hydrogen-bond acceptors (Lipinski definition) is 4. The van der Waals surface area contributed by atoms with Gasteiger partial charge in [0.25, 0.3) is 11.8 Å². The van der Waals surface area contributed by atoms with E-state index in [9.17, 15) is 14.4 Å². The highest BCUT2D eigenvalue weighted by Crippen LogP contribution is 2.38. The average molecular weight is 377 g/mol. The molecule has 2 N–H and O–H groups in total. The van der Waals surface area contributed by atoms with E-state index in [-0.39, 0.29) is 18.4 Å². The number of benzene rings is 3. The monoisotopic (exact) mass is 377 g/mol. The van der Waals surface area contributed by atoms with Crippen molar-refractivity contribution in [3.8, 4) is 0 Å². The third-order valence-corrected chi connectivity index (χ3v) is 4.97. The van der Waals surface area contributed by atoms with Gasteiger partial charge >= 0.3 is 6.09 Å². The molecule has 3 aromatic carbocycles. The van der Waals surface area contributed by atoms with Crippen LogP contribution in [0.5, 0.6) is 0 Å². The Bertz CT molecular complexity index is 1150. The number of likely N-dealkylation sites (N-methyl/N-ethyl adjacent to an activating group) is 1. The van der Waals surface area contributed by atoms with Crippen LogP contribution < -0.4 is 5.32 Å². The predicted octanol–water partition coefficient (Wildman–Crippen LogP) is 3.24. The Labute approximate surface area is 161 Å². The van der Waals surface area contributed by atoms with Gasteiger partial charge in [0.1, 0.15) is 0 Å². The van der Waals surface area contributed by atoms with E-state index < -0.39 is 6.09 Å². The van der Waals surface area contributed by atoms with Crippen LogP contribution in [0.1, 0.15) is 20.7 Å². The van der Waals surface area contributed by atoms with Gasteiger partial charge in [-0.25, -0.2) is 4.79 Å². The molecule has 0 saturated carbocycles. The van der Waals surface area contributed by atoms with E-state index in [1.54, 1.807) is 30.3 Å². The third-order valence-electron chi connectivity index (χ3n) is 4.97. The first-order valence-electron chi connectivity index (χ1n) is 8.88. The highest BCUT2D eigenvalue weighted by molar-refractivity contribution is 6.31. The summed E-state index contributed by atoms with van der Waals surface area (Å²) < 4.78 is 0. The van der Waals surface area contributed by atoms with Crippen LogP contribution in [-0.2, 0) is 0 Å². The molecule has 0 atom stereocenters. The van der Waals surface area contributed by atoms with Crippen molar-refractivity contribution in [3.05, 3.63) is 53.6 Å². The molecular weight excluding hydrogens is 358 g/mol. The maximum atomic E-state index is 13.3. The lowest BCUT2D eigenvalue weighted by Gasteiger charge is -2.29. The van der Waals surface area contributed by atoms with E-state index in [4.69, 9.17) is 5.11 Å². The van der Waals surface area contributed by atoms with Gasteiger partial charge in [-0.15, -0.1) is 0 Å². The van der Waals surface area contributed by atoms with Crippen LogP contribution in [0, 0.1) is 0 Å². The standard InChI is InChI=1S/C21H19N3O4/c1-23(2)9-10-24-19(25)14-7-3-5-12-11-15-13(18(17(12)14)20(24)26)6-4-8-16(15)22-21(27)28/h3-8,11,22H,9-10H2,1-2H3,(H,27,28). The number of nitrogens with zero attached hydrogens (tertiary/aromatic N) is 2. The molecule has 7 nitrogen and oxygen atoms in total. The minimum absolute atomic E-state index is 0.282. The number of rotatable bonds is 4. The van der Waals surface area contributed by atoms with Crippen LogP contribution in [0.3, 0.4) is 0 Å². The second-order valence-electron chi connectivity index (χ2n) is 7.05. The summed E-state index contributed by atoms with van der Waals surface area (Å²) in [6.45, 7) is 0.837. The van der Waals surface area contributed by atoms with E-state index in [0.717, 1.165) is 5.39 Å². The minimum atomic E-state index is -1.18. The molecule has 0 saturated heterocycles. The summed E-state index contributed by atoms with van der Waals surface area (Å²) >= 11 is 0. The number of hydrogen-bond donors (Lipinski definition) is 2. The van der Waals surface area contributed by atoms with Gasteiger partial charge in [-0.1, -0.05) is 24.3 Å². The van der Waals surface area contributed by atoms with Gasteiger partial charge in [0.15, 0.2) is 0 Å². The zero-order valence-corrected chi connectivity index (χ0v) is 15.5. The number of carbonyl (C=O) groups excluding carboxylic acids is 2. The maximum absolute atomic E-state index is 13.3. The smallest absolute Gasteiger partial charge is 0.409 e. The fourth-order valence-electron chi connectivity index (χ4n) is 3.70. The molecule has 0 aliphatic carbocycles. The molecule has 1 aliphatic rings. The molecule has 1 aliphatic heterocycles. The van der Waals surface area contributed by atoms with E-state index in [1.807, 2.05) is 31.1 Å². The maximum Gasteiger partial charge on any atom is 0.409 e. The SMILES string of the molecule is CN(C)CCN1C(=O)c2cccc3cc4c(NC(=O)O)cccc4c(c23)C1=O. The van der Waals surface area contributed by atoms with Gasteiger partial charge in [-0.2, -0.15) is 0 Å². The summed E-state index contributed by atoms with van der Waals surface area (Å²) in [5.41, 5.74) is 1.33. The van der Waals surface area contributed by atoms with Crippen molar-refractivity contribution >= 4 is 45.1 Å². The molecule has 0 spiro atoms. The predicted molar refractivity (Wildman–Crippen MR) is 107 cm³/mol. The molecule has 0 aromatic heterocycles.